The van der Waals surface area contributed by atoms with Gasteiger partial charge >= 0.3 is 0 Å². The molecule has 1 amide bonds. The molecule has 0 aliphatic heterocycles. The number of methoxy groups -OCH3 is 2. The molecule has 0 aliphatic rings. The third-order valence-corrected chi connectivity index (χ3v) is 1.57. The summed E-state index contributed by atoms with van der Waals surface area (Å²) in [5.41, 5.74) is 0. The first kappa shape index (κ1) is 13.4. The van der Waals surface area contributed by atoms with E-state index in [4.69, 9.17) is 9.47 Å². The number of hydrogen-bond donors (Lipinski definition) is 2. The molecule has 84 valence electrons. The maximum Gasteiger partial charge on any atom is 0.234 e. The van der Waals surface area contributed by atoms with Gasteiger partial charge in [-0.15, -0.1) is 0 Å². The average molecular weight is 204 g/mol. The van der Waals surface area contributed by atoms with E-state index in [9.17, 15) is 4.79 Å². The van der Waals surface area contributed by atoms with Crippen molar-refractivity contribution in [1.82, 2.24) is 10.6 Å². The van der Waals surface area contributed by atoms with Crippen LogP contribution in [0.25, 0.3) is 0 Å². The summed E-state index contributed by atoms with van der Waals surface area (Å²) in [5.74, 6) is -0.0223. The van der Waals surface area contributed by atoms with E-state index in [1.165, 1.54) is 0 Å². The lowest BCUT2D eigenvalue weighted by molar-refractivity contribution is -0.121. The predicted molar refractivity (Wildman–Crippen MR) is 54.0 cm³/mol. The lowest BCUT2D eigenvalue weighted by atomic mass is 10.4. The second-order valence-corrected chi connectivity index (χ2v) is 3.25. The summed E-state index contributed by atoms with van der Waals surface area (Å²) >= 11 is 0. The predicted octanol–water partition coefficient (Wildman–Crippen LogP) is -0.280. The summed E-state index contributed by atoms with van der Waals surface area (Å²) in [6.45, 7) is 4.62. The lowest BCUT2D eigenvalue weighted by Crippen LogP contribution is -2.40. The van der Waals surface area contributed by atoms with Gasteiger partial charge in [-0.3, -0.25) is 4.79 Å². The van der Waals surface area contributed by atoms with Crippen LogP contribution in [0, 0.1) is 0 Å². The Labute approximate surface area is 85.1 Å². The molecule has 0 fully saturated rings. The van der Waals surface area contributed by atoms with Crippen LogP contribution in [0.2, 0.25) is 0 Å². The molecule has 0 saturated heterocycles. The topological polar surface area (TPSA) is 59.6 Å². The normalized spacial score (nSPS) is 11.0. The fourth-order valence-corrected chi connectivity index (χ4v) is 0.939. The standard InChI is InChI=1S/C9H20N2O3/c1-7(2)11-8(12)5-10-6-9(13-3)14-4/h7,9-10H,5-6H2,1-4H3,(H,11,12). The molecule has 0 aliphatic carbocycles. The van der Waals surface area contributed by atoms with Crippen LogP contribution in [0.3, 0.4) is 0 Å². The molecule has 0 spiro atoms. The van der Waals surface area contributed by atoms with Crippen LogP contribution >= 0.6 is 0 Å². The monoisotopic (exact) mass is 204 g/mol. The molecular formula is C9H20N2O3. The van der Waals surface area contributed by atoms with Crippen molar-refractivity contribution in [2.75, 3.05) is 27.3 Å². The second-order valence-electron chi connectivity index (χ2n) is 3.25. The number of nitrogens with one attached hydrogen (secondary N) is 2. The zero-order valence-corrected chi connectivity index (χ0v) is 9.29. The molecule has 0 heterocycles. The van der Waals surface area contributed by atoms with Crippen molar-refractivity contribution in [2.45, 2.75) is 26.2 Å². The van der Waals surface area contributed by atoms with E-state index in [-0.39, 0.29) is 24.8 Å². The van der Waals surface area contributed by atoms with Gasteiger partial charge in [0.25, 0.3) is 0 Å². The number of rotatable bonds is 7. The largest absolute Gasteiger partial charge is 0.355 e. The maximum atomic E-state index is 11.2. The van der Waals surface area contributed by atoms with Crippen molar-refractivity contribution in [3.63, 3.8) is 0 Å². The van der Waals surface area contributed by atoms with Gasteiger partial charge < -0.3 is 20.1 Å². The van der Waals surface area contributed by atoms with Crippen molar-refractivity contribution in [2.24, 2.45) is 0 Å². The molecule has 0 rings (SSSR count). The molecule has 0 aromatic rings. The smallest absolute Gasteiger partial charge is 0.234 e. The van der Waals surface area contributed by atoms with Gasteiger partial charge in [-0.1, -0.05) is 0 Å². The fourth-order valence-electron chi connectivity index (χ4n) is 0.939. The van der Waals surface area contributed by atoms with Crippen molar-refractivity contribution >= 4 is 5.91 Å². The van der Waals surface area contributed by atoms with Gasteiger partial charge in [-0.05, 0) is 13.8 Å². The van der Waals surface area contributed by atoms with Crippen molar-refractivity contribution in [3.8, 4) is 0 Å². The highest BCUT2D eigenvalue weighted by atomic mass is 16.7. The zero-order chi connectivity index (χ0) is 11.0. The summed E-state index contributed by atoms with van der Waals surface area (Å²) in [6, 6.07) is 0.171. The fraction of sp³-hybridized carbons (Fsp3) is 0.889. The van der Waals surface area contributed by atoms with E-state index in [2.05, 4.69) is 10.6 Å². The molecule has 0 atom stereocenters. The first-order chi connectivity index (χ1) is 6.60. The van der Waals surface area contributed by atoms with Crippen molar-refractivity contribution < 1.29 is 14.3 Å². The van der Waals surface area contributed by atoms with E-state index in [1.807, 2.05) is 13.8 Å². The first-order valence-electron chi connectivity index (χ1n) is 4.65. The summed E-state index contributed by atoms with van der Waals surface area (Å²) in [6.07, 6.45) is -0.304. The lowest BCUT2D eigenvalue weighted by Gasteiger charge is -2.14. The van der Waals surface area contributed by atoms with Crippen LogP contribution < -0.4 is 10.6 Å². The van der Waals surface area contributed by atoms with Crippen LogP contribution in [0.5, 0.6) is 0 Å². The molecule has 0 aromatic carbocycles. The van der Waals surface area contributed by atoms with E-state index in [0.717, 1.165) is 0 Å². The molecule has 0 unspecified atom stereocenters. The summed E-state index contributed by atoms with van der Waals surface area (Å²) < 4.78 is 9.89. The highest BCUT2D eigenvalue weighted by molar-refractivity contribution is 5.78. The quantitative estimate of drug-likeness (QED) is 0.560. The number of ether oxygens (including phenoxy) is 2. The third kappa shape index (κ3) is 6.82. The first-order valence-corrected chi connectivity index (χ1v) is 4.65. The van der Waals surface area contributed by atoms with Gasteiger partial charge in [-0.25, -0.2) is 0 Å². The summed E-state index contributed by atoms with van der Waals surface area (Å²) in [4.78, 5) is 11.2. The molecule has 0 bridgehead atoms. The average Bonchev–Trinajstić information content (AvgIpc) is 2.11. The molecular weight excluding hydrogens is 184 g/mol. The minimum absolute atomic E-state index is 0.0223. The van der Waals surface area contributed by atoms with Crippen LogP contribution in [0.4, 0.5) is 0 Å². The van der Waals surface area contributed by atoms with Crippen LogP contribution in [-0.4, -0.2) is 45.5 Å². The summed E-state index contributed by atoms with van der Waals surface area (Å²) in [5, 5.41) is 5.70. The molecule has 0 radical (unpaired) electrons. The second kappa shape index (κ2) is 7.73. The SMILES string of the molecule is COC(CNCC(=O)NC(C)C)OC. The number of hydrogen-bond acceptors (Lipinski definition) is 4. The Balaban J connectivity index is 3.48. The third-order valence-electron chi connectivity index (χ3n) is 1.57. The van der Waals surface area contributed by atoms with Gasteiger partial charge in [0.15, 0.2) is 6.29 Å². The maximum absolute atomic E-state index is 11.2. The number of amides is 1. The minimum Gasteiger partial charge on any atom is -0.355 e. The van der Waals surface area contributed by atoms with E-state index in [1.54, 1.807) is 14.2 Å². The van der Waals surface area contributed by atoms with E-state index in [0.29, 0.717) is 6.54 Å². The van der Waals surface area contributed by atoms with Crippen LogP contribution in [0.15, 0.2) is 0 Å². The Hall–Kier alpha value is -0.650. The van der Waals surface area contributed by atoms with Crippen molar-refractivity contribution in [3.05, 3.63) is 0 Å². The van der Waals surface area contributed by atoms with Crippen molar-refractivity contribution in [1.29, 1.82) is 0 Å². The molecule has 5 nitrogen and oxygen atoms in total. The minimum atomic E-state index is -0.304. The van der Waals surface area contributed by atoms with Gasteiger partial charge in [0.2, 0.25) is 5.91 Å². The molecule has 14 heavy (non-hydrogen) atoms. The Morgan fingerprint density at radius 2 is 1.86 bits per heavy atom. The Kier molecular flexibility index (Phi) is 7.37. The Bertz CT molecular complexity index is 158. The summed E-state index contributed by atoms with van der Waals surface area (Å²) in [7, 11) is 3.12. The molecule has 0 aromatic heterocycles. The zero-order valence-electron chi connectivity index (χ0n) is 9.29. The van der Waals surface area contributed by atoms with E-state index < -0.39 is 0 Å². The Morgan fingerprint density at radius 1 is 1.29 bits per heavy atom. The highest BCUT2D eigenvalue weighted by Gasteiger charge is 2.06. The van der Waals surface area contributed by atoms with Crippen LogP contribution in [0.1, 0.15) is 13.8 Å². The van der Waals surface area contributed by atoms with E-state index >= 15 is 0 Å². The molecule has 5 heteroatoms. The van der Waals surface area contributed by atoms with Gasteiger partial charge in [0.1, 0.15) is 0 Å². The van der Waals surface area contributed by atoms with Crippen LogP contribution in [-0.2, 0) is 14.3 Å². The highest BCUT2D eigenvalue weighted by Crippen LogP contribution is 1.86. The molecule has 0 saturated carbocycles. The molecule has 2 N–H and O–H groups in total. The number of carbonyl (C=O) groups is 1. The number of carbonyl (C=O) groups excluding carboxylic acids is 1. The van der Waals surface area contributed by atoms with Gasteiger partial charge in [0.05, 0.1) is 6.54 Å². The Morgan fingerprint density at radius 3 is 2.29 bits per heavy atom. The van der Waals surface area contributed by atoms with Gasteiger partial charge in [-0.2, -0.15) is 0 Å². The van der Waals surface area contributed by atoms with Gasteiger partial charge in [0, 0.05) is 26.8 Å².